The van der Waals surface area contributed by atoms with Crippen molar-refractivity contribution < 1.29 is 17.9 Å². The molecule has 7 heteroatoms. The lowest BCUT2D eigenvalue weighted by Gasteiger charge is -2.30. The third kappa shape index (κ3) is 5.45. The molecule has 0 bridgehead atoms. The molecule has 1 saturated heterocycles. The van der Waals surface area contributed by atoms with Crippen LogP contribution in [0.25, 0.3) is 0 Å². The number of piperidine rings is 1. The Morgan fingerprint density at radius 1 is 1.15 bits per heavy atom. The summed E-state index contributed by atoms with van der Waals surface area (Å²) in [7, 11) is -3.54. The summed E-state index contributed by atoms with van der Waals surface area (Å²) < 4.78 is 32.6. The molecule has 0 saturated carbocycles. The Balaban J connectivity index is 1.96. The predicted molar refractivity (Wildman–Crippen MR) is 102 cm³/mol. The summed E-state index contributed by atoms with van der Waals surface area (Å²) in [5.74, 6) is 0.981. The van der Waals surface area contributed by atoms with Crippen LogP contribution in [-0.4, -0.2) is 44.4 Å². The van der Waals surface area contributed by atoms with Crippen molar-refractivity contribution in [3.05, 3.63) is 24.3 Å². The van der Waals surface area contributed by atoms with Gasteiger partial charge in [0.05, 0.1) is 11.0 Å². The van der Waals surface area contributed by atoms with Crippen molar-refractivity contribution in [1.82, 2.24) is 9.62 Å². The van der Waals surface area contributed by atoms with E-state index in [2.05, 4.69) is 5.32 Å². The highest BCUT2D eigenvalue weighted by Gasteiger charge is 2.32. The maximum absolute atomic E-state index is 12.8. The molecule has 1 aromatic carbocycles. The van der Waals surface area contributed by atoms with E-state index in [4.69, 9.17) is 4.74 Å². The van der Waals surface area contributed by atoms with Crippen molar-refractivity contribution in [2.24, 2.45) is 11.8 Å². The number of nitrogens with zero attached hydrogens (tertiary/aromatic N) is 1. The van der Waals surface area contributed by atoms with E-state index >= 15 is 0 Å². The van der Waals surface area contributed by atoms with Gasteiger partial charge < -0.3 is 10.1 Å². The molecule has 6 nitrogen and oxygen atoms in total. The summed E-state index contributed by atoms with van der Waals surface area (Å²) in [5, 5.41) is 2.94. The summed E-state index contributed by atoms with van der Waals surface area (Å²) >= 11 is 0. The zero-order valence-corrected chi connectivity index (χ0v) is 16.9. The SMILES string of the molecule is CC(C)CNC(=O)C1CCN(S(=O)(=O)c2ccc(OC(C)C)cc2)CC1. The van der Waals surface area contributed by atoms with Crippen LogP contribution in [-0.2, 0) is 14.8 Å². The first-order chi connectivity index (χ1) is 12.2. The number of ether oxygens (including phenoxy) is 1. The Kier molecular flexibility index (Phi) is 7.06. The Morgan fingerprint density at radius 3 is 2.23 bits per heavy atom. The predicted octanol–water partition coefficient (Wildman–Crippen LogP) is 2.65. The van der Waals surface area contributed by atoms with Crippen LogP contribution in [0.15, 0.2) is 29.2 Å². The zero-order valence-electron chi connectivity index (χ0n) is 16.1. The molecule has 1 aliphatic heterocycles. The third-order valence-corrected chi connectivity index (χ3v) is 6.26. The average molecular weight is 383 g/mol. The van der Waals surface area contributed by atoms with E-state index in [9.17, 15) is 13.2 Å². The molecule has 2 rings (SSSR count). The van der Waals surface area contributed by atoms with E-state index in [-0.39, 0.29) is 22.8 Å². The quantitative estimate of drug-likeness (QED) is 0.787. The van der Waals surface area contributed by atoms with Crippen LogP contribution in [0.1, 0.15) is 40.5 Å². The highest BCUT2D eigenvalue weighted by molar-refractivity contribution is 7.89. The van der Waals surface area contributed by atoms with Crippen molar-refractivity contribution in [3.63, 3.8) is 0 Å². The molecule has 0 aromatic heterocycles. The Bertz CT molecular complexity index is 691. The van der Waals surface area contributed by atoms with Crippen LogP contribution < -0.4 is 10.1 Å². The van der Waals surface area contributed by atoms with Crippen LogP contribution in [0.2, 0.25) is 0 Å². The molecular weight excluding hydrogens is 352 g/mol. The van der Waals surface area contributed by atoms with E-state index in [1.54, 1.807) is 24.3 Å². The monoisotopic (exact) mass is 382 g/mol. The number of hydrogen-bond donors (Lipinski definition) is 1. The molecular formula is C19H30N2O4S. The second-order valence-corrected chi connectivity index (χ2v) is 9.39. The Labute approximate surface area is 157 Å². The van der Waals surface area contributed by atoms with Crippen molar-refractivity contribution in [2.45, 2.75) is 51.5 Å². The van der Waals surface area contributed by atoms with Gasteiger partial charge in [-0.1, -0.05) is 13.8 Å². The third-order valence-electron chi connectivity index (χ3n) is 4.34. The normalized spacial score (nSPS) is 16.8. The average Bonchev–Trinajstić information content (AvgIpc) is 2.59. The first-order valence-electron chi connectivity index (χ1n) is 9.24. The Hall–Kier alpha value is -1.60. The van der Waals surface area contributed by atoms with Gasteiger partial charge in [0.1, 0.15) is 5.75 Å². The minimum Gasteiger partial charge on any atom is -0.491 e. The van der Waals surface area contributed by atoms with Crippen LogP contribution in [0.5, 0.6) is 5.75 Å². The number of carbonyl (C=O) groups excluding carboxylic acids is 1. The highest BCUT2D eigenvalue weighted by Crippen LogP contribution is 2.25. The fourth-order valence-corrected chi connectivity index (χ4v) is 4.39. The molecule has 0 aliphatic carbocycles. The van der Waals surface area contributed by atoms with E-state index < -0.39 is 10.0 Å². The van der Waals surface area contributed by atoms with E-state index in [1.165, 1.54) is 4.31 Å². The van der Waals surface area contributed by atoms with Crippen molar-refractivity contribution >= 4 is 15.9 Å². The van der Waals surface area contributed by atoms with Gasteiger partial charge >= 0.3 is 0 Å². The second kappa shape index (κ2) is 8.86. The fourth-order valence-electron chi connectivity index (χ4n) is 2.92. The van der Waals surface area contributed by atoms with E-state index in [1.807, 2.05) is 27.7 Å². The smallest absolute Gasteiger partial charge is 0.243 e. The largest absolute Gasteiger partial charge is 0.491 e. The molecule has 146 valence electrons. The number of benzene rings is 1. The van der Waals surface area contributed by atoms with Gasteiger partial charge in [0.25, 0.3) is 0 Å². The second-order valence-electron chi connectivity index (χ2n) is 7.46. The minimum atomic E-state index is -3.54. The molecule has 0 unspecified atom stereocenters. The summed E-state index contributed by atoms with van der Waals surface area (Å²) in [6.45, 7) is 9.33. The molecule has 0 radical (unpaired) electrons. The topological polar surface area (TPSA) is 75.7 Å². The maximum atomic E-state index is 12.8. The van der Waals surface area contributed by atoms with Crippen LogP contribution in [0.3, 0.4) is 0 Å². The number of hydrogen-bond acceptors (Lipinski definition) is 4. The lowest BCUT2D eigenvalue weighted by Crippen LogP contribution is -2.43. The van der Waals surface area contributed by atoms with Gasteiger partial charge in [-0.25, -0.2) is 8.42 Å². The Morgan fingerprint density at radius 2 is 1.73 bits per heavy atom. The lowest BCUT2D eigenvalue weighted by atomic mass is 9.97. The molecule has 1 amide bonds. The molecule has 1 aliphatic rings. The number of amides is 1. The summed E-state index contributed by atoms with van der Waals surface area (Å²) in [6.07, 6.45) is 1.15. The van der Waals surface area contributed by atoms with Gasteiger partial charge in [0.15, 0.2) is 0 Å². The number of rotatable bonds is 7. The summed E-state index contributed by atoms with van der Waals surface area (Å²) in [4.78, 5) is 12.4. The van der Waals surface area contributed by atoms with Crippen LogP contribution in [0, 0.1) is 11.8 Å². The molecule has 0 spiro atoms. The maximum Gasteiger partial charge on any atom is 0.243 e. The molecule has 0 atom stereocenters. The van der Waals surface area contributed by atoms with Crippen molar-refractivity contribution in [3.8, 4) is 5.75 Å². The van der Waals surface area contributed by atoms with Gasteiger partial charge in [0, 0.05) is 25.6 Å². The first kappa shape index (κ1) is 20.7. The van der Waals surface area contributed by atoms with Gasteiger partial charge in [-0.2, -0.15) is 4.31 Å². The van der Waals surface area contributed by atoms with Crippen LogP contribution in [0.4, 0.5) is 0 Å². The minimum absolute atomic E-state index is 0.0333. The number of carbonyl (C=O) groups is 1. The summed E-state index contributed by atoms with van der Waals surface area (Å²) in [6, 6.07) is 6.51. The number of sulfonamides is 1. The molecule has 26 heavy (non-hydrogen) atoms. The lowest BCUT2D eigenvalue weighted by molar-refractivity contribution is -0.126. The highest BCUT2D eigenvalue weighted by atomic mass is 32.2. The van der Waals surface area contributed by atoms with Gasteiger partial charge in [-0.15, -0.1) is 0 Å². The van der Waals surface area contributed by atoms with Gasteiger partial charge in [0.2, 0.25) is 15.9 Å². The fraction of sp³-hybridized carbons (Fsp3) is 0.632. The molecule has 1 aromatic rings. The van der Waals surface area contributed by atoms with Crippen molar-refractivity contribution in [1.29, 1.82) is 0 Å². The summed E-state index contributed by atoms with van der Waals surface area (Å²) in [5.41, 5.74) is 0. The van der Waals surface area contributed by atoms with Crippen molar-refractivity contribution in [2.75, 3.05) is 19.6 Å². The molecule has 1 heterocycles. The van der Waals surface area contributed by atoms with Gasteiger partial charge in [-0.05, 0) is 56.9 Å². The van der Waals surface area contributed by atoms with Crippen LogP contribution >= 0.6 is 0 Å². The van der Waals surface area contributed by atoms with E-state index in [0.717, 1.165) is 0 Å². The molecule has 1 N–H and O–H groups in total. The number of nitrogens with one attached hydrogen (secondary N) is 1. The molecule has 1 fully saturated rings. The standard InChI is InChI=1S/C19H30N2O4S/c1-14(2)13-20-19(22)16-9-11-21(12-10-16)26(23,24)18-7-5-17(6-8-18)25-15(3)4/h5-8,14-16H,9-13H2,1-4H3,(H,20,22). The first-order valence-corrected chi connectivity index (χ1v) is 10.7. The van der Waals surface area contributed by atoms with E-state index in [0.29, 0.717) is 44.1 Å². The van der Waals surface area contributed by atoms with Gasteiger partial charge in [-0.3, -0.25) is 4.79 Å². The zero-order chi connectivity index (χ0) is 19.3.